The van der Waals surface area contributed by atoms with Gasteiger partial charge in [-0.2, -0.15) is 0 Å². The third-order valence-corrected chi connectivity index (χ3v) is 4.37. The molecule has 0 N–H and O–H groups in total. The maximum Gasteiger partial charge on any atom is 0.151 e. The Bertz CT molecular complexity index is 599. The Morgan fingerprint density at radius 2 is 2.13 bits per heavy atom. The van der Waals surface area contributed by atoms with Crippen LogP contribution in [0.1, 0.15) is 5.56 Å². The van der Waals surface area contributed by atoms with Crippen LogP contribution < -0.4 is 0 Å². The Kier molecular flexibility index (Phi) is 2.87. The van der Waals surface area contributed by atoms with Crippen molar-refractivity contribution >= 4 is 47.2 Å². The van der Waals surface area contributed by atoms with Gasteiger partial charge in [-0.15, -0.1) is 11.3 Å². The minimum Gasteiger partial charge on any atom is -0.229 e. The SMILES string of the molecule is CS(=O)(=O)Cc1csc2ccc(Br)cc12. The van der Waals surface area contributed by atoms with Crippen LogP contribution in [-0.2, 0) is 15.6 Å². The van der Waals surface area contributed by atoms with Crippen LogP contribution >= 0.6 is 27.3 Å². The summed E-state index contributed by atoms with van der Waals surface area (Å²) in [5.41, 5.74) is 0.888. The first-order valence-electron chi connectivity index (χ1n) is 4.29. The highest BCUT2D eigenvalue weighted by atomic mass is 79.9. The summed E-state index contributed by atoms with van der Waals surface area (Å²) >= 11 is 4.96. The number of sulfone groups is 1. The molecule has 0 unspecified atom stereocenters. The number of hydrogen-bond acceptors (Lipinski definition) is 3. The molecule has 2 nitrogen and oxygen atoms in total. The molecule has 0 spiro atoms. The summed E-state index contributed by atoms with van der Waals surface area (Å²) in [6, 6.07) is 5.92. The normalized spacial score (nSPS) is 12.1. The predicted molar refractivity (Wildman–Crippen MR) is 68.1 cm³/mol. The first kappa shape index (κ1) is 11.1. The van der Waals surface area contributed by atoms with Crippen LogP contribution in [0.3, 0.4) is 0 Å². The molecule has 0 atom stereocenters. The second-order valence-corrected chi connectivity index (χ2v) is 7.44. The molecule has 0 aliphatic carbocycles. The van der Waals surface area contributed by atoms with Gasteiger partial charge in [0, 0.05) is 15.4 Å². The molecule has 0 bridgehead atoms. The minimum atomic E-state index is -2.96. The first-order valence-corrected chi connectivity index (χ1v) is 8.02. The highest BCUT2D eigenvalue weighted by Crippen LogP contribution is 2.29. The molecule has 0 fully saturated rings. The van der Waals surface area contributed by atoms with E-state index in [0.29, 0.717) is 0 Å². The van der Waals surface area contributed by atoms with E-state index in [-0.39, 0.29) is 5.75 Å². The summed E-state index contributed by atoms with van der Waals surface area (Å²) in [6.07, 6.45) is 1.26. The fraction of sp³-hybridized carbons (Fsp3) is 0.200. The van der Waals surface area contributed by atoms with Crippen molar-refractivity contribution in [1.82, 2.24) is 0 Å². The molecule has 0 saturated heterocycles. The van der Waals surface area contributed by atoms with Crippen LogP contribution in [0.15, 0.2) is 28.1 Å². The highest BCUT2D eigenvalue weighted by Gasteiger charge is 2.10. The van der Waals surface area contributed by atoms with Gasteiger partial charge in [0.05, 0.1) is 5.75 Å². The van der Waals surface area contributed by atoms with Crippen molar-refractivity contribution in [2.45, 2.75) is 5.75 Å². The Balaban J connectivity index is 2.57. The largest absolute Gasteiger partial charge is 0.229 e. The van der Waals surface area contributed by atoms with Gasteiger partial charge in [0.1, 0.15) is 0 Å². The highest BCUT2D eigenvalue weighted by molar-refractivity contribution is 9.10. The van der Waals surface area contributed by atoms with Crippen molar-refractivity contribution in [3.8, 4) is 0 Å². The first-order chi connectivity index (χ1) is 6.96. The van der Waals surface area contributed by atoms with Crippen molar-refractivity contribution in [2.24, 2.45) is 0 Å². The standard InChI is InChI=1S/C10H9BrO2S2/c1-15(12,13)6-7-5-14-10-3-2-8(11)4-9(7)10/h2-5H,6H2,1H3. The van der Waals surface area contributed by atoms with Crippen molar-refractivity contribution < 1.29 is 8.42 Å². The van der Waals surface area contributed by atoms with Gasteiger partial charge in [-0.05, 0) is 34.5 Å². The van der Waals surface area contributed by atoms with Crippen molar-refractivity contribution in [1.29, 1.82) is 0 Å². The zero-order valence-corrected chi connectivity index (χ0v) is 11.2. The molecule has 0 aliphatic rings. The molecule has 1 aromatic heterocycles. The van der Waals surface area contributed by atoms with Crippen LogP contribution in [0.25, 0.3) is 10.1 Å². The number of benzene rings is 1. The van der Waals surface area contributed by atoms with Gasteiger partial charge in [-0.25, -0.2) is 8.42 Å². The maximum atomic E-state index is 11.2. The van der Waals surface area contributed by atoms with Gasteiger partial charge in [-0.3, -0.25) is 0 Å². The Labute approximate surface area is 101 Å². The zero-order valence-electron chi connectivity index (χ0n) is 8.03. The maximum absolute atomic E-state index is 11.2. The van der Waals surface area contributed by atoms with Crippen molar-refractivity contribution in [3.05, 3.63) is 33.6 Å². The molecule has 5 heteroatoms. The molecule has 1 heterocycles. The molecule has 15 heavy (non-hydrogen) atoms. The van der Waals surface area contributed by atoms with Crippen LogP contribution in [-0.4, -0.2) is 14.7 Å². The quantitative estimate of drug-likeness (QED) is 0.854. The fourth-order valence-corrected chi connectivity index (χ4v) is 3.66. The average Bonchev–Trinajstić information content (AvgIpc) is 2.46. The summed E-state index contributed by atoms with van der Waals surface area (Å²) < 4.78 is 24.5. The van der Waals surface area contributed by atoms with Gasteiger partial charge in [0.15, 0.2) is 9.84 Å². The zero-order chi connectivity index (χ0) is 11.1. The smallest absolute Gasteiger partial charge is 0.151 e. The number of halogens is 1. The molecular weight excluding hydrogens is 296 g/mol. The second-order valence-electron chi connectivity index (χ2n) is 3.47. The lowest BCUT2D eigenvalue weighted by Gasteiger charge is -1.97. The Morgan fingerprint density at radius 1 is 1.40 bits per heavy atom. The van der Waals surface area contributed by atoms with Gasteiger partial charge < -0.3 is 0 Å². The third kappa shape index (κ3) is 2.59. The molecule has 2 rings (SSSR count). The average molecular weight is 305 g/mol. The molecule has 0 saturated carbocycles. The van der Waals surface area contributed by atoms with E-state index in [4.69, 9.17) is 0 Å². The van der Waals surface area contributed by atoms with E-state index in [2.05, 4.69) is 15.9 Å². The van der Waals surface area contributed by atoms with Crippen molar-refractivity contribution in [2.75, 3.05) is 6.26 Å². The molecule has 0 aliphatic heterocycles. The number of rotatable bonds is 2. The predicted octanol–water partition coefficient (Wildman–Crippen LogP) is 3.21. The topological polar surface area (TPSA) is 34.1 Å². The molecular formula is C10H9BrO2S2. The van der Waals surface area contributed by atoms with E-state index in [1.54, 1.807) is 11.3 Å². The Hall–Kier alpha value is -0.390. The minimum absolute atomic E-state index is 0.115. The molecule has 80 valence electrons. The Morgan fingerprint density at radius 3 is 2.80 bits per heavy atom. The van der Waals surface area contributed by atoms with E-state index in [0.717, 1.165) is 20.1 Å². The lowest BCUT2D eigenvalue weighted by Crippen LogP contribution is -1.99. The van der Waals surface area contributed by atoms with E-state index in [1.807, 2.05) is 23.6 Å². The van der Waals surface area contributed by atoms with Crippen LogP contribution in [0.5, 0.6) is 0 Å². The summed E-state index contributed by atoms with van der Waals surface area (Å²) in [6.45, 7) is 0. The second kappa shape index (κ2) is 3.88. The summed E-state index contributed by atoms with van der Waals surface area (Å²) in [5, 5.41) is 2.94. The van der Waals surface area contributed by atoms with Crippen molar-refractivity contribution in [3.63, 3.8) is 0 Å². The monoisotopic (exact) mass is 304 g/mol. The van der Waals surface area contributed by atoms with E-state index >= 15 is 0 Å². The number of thiophene rings is 1. The summed E-state index contributed by atoms with van der Waals surface area (Å²) in [4.78, 5) is 0. The van der Waals surface area contributed by atoms with Crippen LogP contribution in [0.2, 0.25) is 0 Å². The number of fused-ring (bicyclic) bond motifs is 1. The van der Waals surface area contributed by atoms with Gasteiger partial charge in [-0.1, -0.05) is 15.9 Å². The van der Waals surface area contributed by atoms with Gasteiger partial charge >= 0.3 is 0 Å². The van der Waals surface area contributed by atoms with Crippen LogP contribution in [0.4, 0.5) is 0 Å². The lowest BCUT2D eigenvalue weighted by atomic mass is 10.2. The lowest BCUT2D eigenvalue weighted by molar-refractivity contribution is 0.601. The fourth-order valence-electron chi connectivity index (χ4n) is 1.45. The molecule has 0 amide bonds. The number of hydrogen-bond donors (Lipinski definition) is 0. The van der Waals surface area contributed by atoms with Crippen LogP contribution in [0, 0.1) is 0 Å². The van der Waals surface area contributed by atoms with E-state index in [9.17, 15) is 8.42 Å². The third-order valence-electron chi connectivity index (χ3n) is 2.03. The van der Waals surface area contributed by atoms with Gasteiger partial charge in [0.2, 0.25) is 0 Å². The molecule has 2 aromatic rings. The molecule has 1 aromatic carbocycles. The summed E-state index contributed by atoms with van der Waals surface area (Å²) in [5.74, 6) is 0.115. The summed E-state index contributed by atoms with van der Waals surface area (Å²) in [7, 11) is -2.96. The van der Waals surface area contributed by atoms with Gasteiger partial charge in [0.25, 0.3) is 0 Å². The van der Waals surface area contributed by atoms with E-state index < -0.39 is 9.84 Å². The van der Waals surface area contributed by atoms with E-state index in [1.165, 1.54) is 6.26 Å². The molecule has 0 radical (unpaired) electrons.